The molecule has 0 spiro atoms. The monoisotopic (exact) mass is 333 g/mol. The van der Waals surface area contributed by atoms with Crippen LogP contribution in [0.5, 0.6) is 0 Å². The number of hydrogen-bond acceptors (Lipinski definition) is 5. The summed E-state index contributed by atoms with van der Waals surface area (Å²) in [6.45, 7) is 1.84. The number of thioether (sulfide) groups is 1. The Kier molecular flexibility index (Phi) is 7.71. The summed E-state index contributed by atoms with van der Waals surface area (Å²) in [5, 5.41) is 23.5. The first-order chi connectivity index (χ1) is 11.0. The zero-order chi connectivity index (χ0) is 17.2. The first-order valence-corrected chi connectivity index (χ1v) is 8.34. The van der Waals surface area contributed by atoms with Gasteiger partial charge >= 0.3 is 5.97 Å². The summed E-state index contributed by atoms with van der Waals surface area (Å²) in [5.41, 5.74) is 1.30. The van der Waals surface area contributed by atoms with Crippen molar-refractivity contribution in [2.75, 3.05) is 17.3 Å². The van der Waals surface area contributed by atoms with Gasteiger partial charge in [-0.05, 0) is 37.0 Å². The van der Waals surface area contributed by atoms with Gasteiger partial charge in [-0.15, -0.1) is 0 Å². The van der Waals surface area contributed by atoms with Crippen molar-refractivity contribution < 1.29 is 14.7 Å². The van der Waals surface area contributed by atoms with E-state index in [4.69, 9.17) is 10.4 Å². The molecule has 0 aliphatic heterocycles. The predicted molar refractivity (Wildman–Crippen MR) is 91.1 cm³/mol. The van der Waals surface area contributed by atoms with E-state index in [1.165, 1.54) is 11.8 Å². The fourth-order valence-electron chi connectivity index (χ4n) is 1.75. The number of carboxylic acids is 1. The molecule has 6 nitrogen and oxygen atoms in total. The highest BCUT2D eigenvalue weighted by molar-refractivity contribution is 7.98. The second-order valence-corrected chi connectivity index (χ2v) is 5.76. The largest absolute Gasteiger partial charge is 0.480 e. The summed E-state index contributed by atoms with van der Waals surface area (Å²) >= 11 is 1.53. The highest BCUT2D eigenvalue weighted by atomic mass is 32.2. The maximum absolute atomic E-state index is 12.1. The average Bonchev–Trinajstić information content (AvgIpc) is 2.52. The van der Waals surface area contributed by atoms with Gasteiger partial charge in [0.2, 0.25) is 0 Å². The van der Waals surface area contributed by atoms with Crippen LogP contribution < -0.4 is 10.6 Å². The van der Waals surface area contributed by atoms with Gasteiger partial charge < -0.3 is 15.7 Å². The molecule has 0 heterocycles. The molecule has 1 aromatic carbocycles. The summed E-state index contributed by atoms with van der Waals surface area (Å²) in [7, 11) is 0. The van der Waals surface area contributed by atoms with Crippen molar-refractivity contribution in [3.8, 4) is 6.07 Å². The summed E-state index contributed by atoms with van der Waals surface area (Å²) in [6.07, 6.45) is 3.43. The lowest BCUT2D eigenvalue weighted by molar-refractivity contribution is -0.139. The van der Waals surface area contributed by atoms with E-state index in [-0.39, 0.29) is 5.57 Å². The van der Waals surface area contributed by atoms with Crippen molar-refractivity contribution >= 4 is 29.3 Å². The van der Waals surface area contributed by atoms with Crippen molar-refractivity contribution in [1.29, 1.82) is 5.26 Å². The van der Waals surface area contributed by atoms with Crippen molar-refractivity contribution in [2.45, 2.75) is 19.4 Å². The number of rotatable bonds is 8. The molecule has 1 amide bonds. The molecule has 0 radical (unpaired) electrons. The Hall–Kier alpha value is -2.46. The second-order valence-electron chi connectivity index (χ2n) is 4.78. The van der Waals surface area contributed by atoms with Crippen molar-refractivity contribution in [2.24, 2.45) is 0 Å². The van der Waals surface area contributed by atoms with Gasteiger partial charge in [-0.25, -0.2) is 4.79 Å². The Morgan fingerprint density at radius 3 is 2.70 bits per heavy atom. The molecule has 1 aromatic rings. The zero-order valence-corrected chi connectivity index (χ0v) is 13.8. The summed E-state index contributed by atoms with van der Waals surface area (Å²) in [4.78, 5) is 23.2. The second kappa shape index (κ2) is 9.54. The van der Waals surface area contributed by atoms with E-state index in [2.05, 4.69) is 10.6 Å². The molecule has 0 aliphatic carbocycles. The third kappa shape index (κ3) is 6.04. The van der Waals surface area contributed by atoms with Gasteiger partial charge in [0, 0.05) is 11.9 Å². The molecular formula is C16H19N3O3S. The van der Waals surface area contributed by atoms with Crippen LogP contribution in [0.15, 0.2) is 36.0 Å². The summed E-state index contributed by atoms with van der Waals surface area (Å²) < 4.78 is 0. The molecule has 0 saturated carbocycles. The SMILES string of the molecule is CSCCC(N/C=C(/C#N)C(=O)Nc1ccccc1C)C(=O)O. The first-order valence-electron chi connectivity index (χ1n) is 6.94. The van der Waals surface area contributed by atoms with E-state index in [0.29, 0.717) is 17.9 Å². The minimum Gasteiger partial charge on any atom is -0.480 e. The molecule has 0 bridgehead atoms. The lowest BCUT2D eigenvalue weighted by atomic mass is 10.2. The number of aliphatic carboxylic acids is 1. The van der Waals surface area contributed by atoms with E-state index >= 15 is 0 Å². The minimum absolute atomic E-state index is 0.177. The molecular weight excluding hydrogens is 314 g/mol. The van der Waals surface area contributed by atoms with Gasteiger partial charge in [-0.1, -0.05) is 18.2 Å². The molecule has 3 N–H and O–H groups in total. The van der Waals surface area contributed by atoms with E-state index < -0.39 is 17.9 Å². The lowest BCUT2D eigenvalue weighted by Gasteiger charge is -2.12. The van der Waals surface area contributed by atoms with E-state index in [9.17, 15) is 9.59 Å². The molecule has 23 heavy (non-hydrogen) atoms. The number of carboxylic acid groups (broad SMARTS) is 1. The number of nitrogens with zero attached hydrogens (tertiary/aromatic N) is 1. The van der Waals surface area contributed by atoms with Gasteiger partial charge in [-0.3, -0.25) is 4.79 Å². The Morgan fingerprint density at radius 1 is 1.43 bits per heavy atom. The Bertz CT molecular complexity index is 638. The number of hydrogen-bond donors (Lipinski definition) is 3. The molecule has 122 valence electrons. The van der Waals surface area contributed by atoms with E-state index in [0.717, 1.165) is 11.8 Å². The van der Waals surface area contributed by atoms with Crippen LogP contribution in [0, 0.1) is 18.3 Å². The highest BCUT2D eigenvalue weighted by Gasteiger charge is 2.17. The summed E-state index contributed by atoms with van der Waals surface area (Å²) in [6, 6.07) is 8.14. The number of benzene rings is 1. The molecule has 1 rings (SSSR count). The van der Waals surface area contributed by atoms with E-state index in [1.54, 1.807) is 18.2 Å². The molecule has 0 fully saturated rings. The highest BCUT2D eigenvalue weighted by Crippen LogP contribution is 2.14. The maximum atomic E-state index is 12.1. The van der Waals surface area contributed by atoms with Crippen molar-refractivity contribution in [3.63, 3.8) is 0 Å². The van der Waals surface area contributed by atoms with Crippen molar-refractivity contribution in [1.82, 2.24) is 5.32 Å². The Balaban J connectivity index is 2.78. The van der Waals surface area contributed by atoms with Gasteiger partial charge in [-0.2, -0.15) is 17.0 Å². The van der Waals surface area contributed by atoms with Crippen LogP contribution in [0.1, 0.15) is 12.0 Å². The van der Waals surface area contributed by atoms with Gasteiger partial charge in [0.05, 0.1) is 0 Å². The number of nitriles is 1. The van der Waals surface area contributed by atoms with Crippen LogP contribution in [0.4, 0.5) is 5.69 Å². The maximum Gasteiger partial charge on any atom is 0.326 e. The predicted octanol–water partition coefficient (Wildman–Crippen LogP) is 2.14. The fraction of sp³-hybridized carbons (Fsp3) is 0.312. The zero-order valence-electron chi connectivity index (χ0n) is 13.0. The van der Waals surface area contributed by atoms with Crippen LogP contribution in [0.2, 0.25) is 0 Å². The van der Waals surface area contributed by atoms with Gasteiger partial charge in [0.1, 0.15) is 17.7 Å². The number of para-hydroxylation sites is 1. The number of anilines is 1. The average molecular weight is 333 g/mol. The Morgan fingerprint density at radius 2 is 2.13 bits per heavy atom. The summed E-state index contributed by atoms with van der Waals surface area (Å²) in [5.74, 6) is -0.940. The van der Waals surface area contributed by atoms with Crippen LogP contribution in [0.3, 0.4) is 0 Å². The minimum atomic E-state index is -1.02. The topological polar surface area (TPSA) is 102 Å². The molecule has 0 aromatic heterocycles. The lowest BCUT2D eigenvalue weighted by Crippen LogP contribution is -2.34. The van der Waals surface area contributed by atoms with Crippen LogP contribution in [0.25, 0.3) is 0 Å². The van der Waals surface area contributed by atoms with Gasteiger partial charge in [0.25, 0.3) is 5.91 Å². The first kappa shape index (κ1) is 18.6. The van der Waals surface area contributed by atoms with Crippen LogP contribution in [-0.2, 0) is 9.59 Å². The number of nitrogens with one attached hydrogen (secondary N) is 2. The third-order valence-electron chi connectivity index (χ3n) is 3.10. The normalized spacial score (nSPS) is 12.1. The number of carbonyl (C=O) groups is 2. The van der Waals surface area contributed by atoms with Crippen LogP contribution >= 0.6 is 11.8 Å². The Labute approximate surface area is 139 Å². The van der Waals surface area contributed by atoms with Gasteiger partial charge in [0.15, 0.2) is 0 Å². The molecule has 0 saturated heterocycles. The third-order valence-corrected chi connectivity index (χ3v) is 3.74. The molecule has 1 unspecified atom stereocenters. The quantitative estimate of drug-likeness (QED) is 0.497. The smallest absolute Gasteiger partial charge is 0.326 e. The number of aryl methyl sites for hydroxylation is 1. The molecule has 1 atom stereocenters. The molecule has 7 heteroatoms. The van der Waals surface area contributed by atoms with Crippen molar-refractivity contribution in [3.05, 3.63) is 41.6 Å². The molecule has 0 aliphatic rings. The van der Waals surface area contributed by atoms with E-state index in [1.807, 2.05) is 25.3 Å². The number of amides is 1. The number of carbonyl (C=O) groups excluding carboxylic acids is 1. The standard InChI is InChI=1S/C16H19N3O3S/c1-11-5-3-4-6-13(11)19-15(20)12(9-17)10-18-14(16(21)22)7-8-23-2/h3-6,10,14,18H,7-8H2,1-2H3,(H,19,20)(H,21,22)/b12-10-. The van der Waals surface area contributed by atoms with Crippen LogP contribution in [-0.4, -0.2) is 35.0 Å². The fourth-order valence-corrected chi connectivity index (χ4v) is 2.22.